The van der Waals surface area contributed by atoms with Gasteiger partial charge in [0, 0.05) is 26.9 Å². The van der Waals surface area contributed by atoms with Crippen LogP contribution in [0.1, 0.15) is 27.2 Å². The zero-order valence-electron chi connectivity index (χ0n) is 10.1. The fraction of sp³-hybridized carbons (Fsp3) is 0.818. The van der Waals surface area contributed by atoms with Crippen LogP contribution >= 0.6 is 0 Å². The van der Waals surface area contributed by atoms with Crippen LogP contribution in [0.4, 0.5) is 0 Å². The molecule has 2 atom stereocenters. The van der Waals surface area contributed by atoms with Gasteiger partial charge in [0.05, 0.1) is 0 Å². The Bertz CT molecular complexity index is 243. The summed E-state index contributed by atoms with van der Waals surface area (Å²) in [7, 11) is 0. The molecule has 1 rings (SSSR count). The number of carbonyl (C=O) groups is 2. The zero-order valence-corrected chi connectivity index (χ0v) is 10.1. The van der Waals surface area contributed by atoms with E-state index in [0.29, 0.717) is 13.1 Å². The lowest BCUT2D eigenvalue weighted by molar-refractivity contribution is -0.160. The second-order valence-electron chi connectivity index (χ2n) is 4.06. The van der Waals surface area contributed by atoms with Crippen molar-refractivity contribution in [2.45, 2.75) is 39.4 Å². The average Bonchev–Trinajstić information content (AvgIpc) is 2.46. The molecule has 1 fully saturated rings. The number of nitrogens with zero attached hydrogens (tertiary/aromatic N) is 1. The smallest absolute Gasteiger partial charge is 0.303 e. The van der Waals surface area contributed by atoms with E-state index < -0.39 is 0 Å². The molecule has 0 aromatic rings. The first-order chi connectivity index (χ1) is 7.52. The molecule has 0 N–H and O–H groups in total. The van der Waals surface area contributed by atoms with Gasteiger partial charge in [-0.2, -0.15) is 0 Å². The van der Waals surface area contributed by atoms with Crippen LogP contribution in [0.25, 0.3) is 0 Å². The van der Waals surface area contributed by atoms with Crippen LogP contribution in [0, 0.1) is 0 Å². The summed E-state index contributed by atoms with van der Waals surface area (Å²) in [5, 5.41) is 0. The summed E-state index contributed by atoms with van der Waals surface area (Å²) in [5.41, 5.74) is 0. The van der Waals surface area contributed by atoms with E-state index in [1.165, 1.54) is 13.8 Å². The van der Waals surface area contributed by atoms with E-state index in [9.17, 15) is 9.59 Å². The molecule has 0 amide bonds. The normalized spacial score (nSPS) is 25.4. The van der Waals surface area contributed by atoms with E-state index in [1.54, 1.807) is 0 Å². The van der Waals surface area contributed by atoms with E-state index in [4.69, 9.17) is 9.47 Å². The minimum Gasteiger partial charge on any atom is -0.457 e. The molecule has 0 radical (unpaired) electrons. The van der Waals surface area contributed by atoms with Gasteiger partial charge in [0.1, 0.15) is 0 Å². The van der Waals surface area contributed by atoms with Crippen LogP contribution in [-0.4, -0.2) is 48.7 Å². The number of rotatable bonds is 4. The Hall–Kier alpha value is -1.10. The van der Waals surface area contributed by atoms with Crippen molar-refractivity contribution in [1.29, 1.82) is 0 Å². The van der Waals surface area contributed by atoms with E-state index in [-0.39, 0.29) is 24.1 Å². The van der Waals surface area contributed by atoms with Crippen molar-refractivity contribution in [2.24, 2.45) is 0 Å². The van der Waals surface area contributed by atoms with Crippen LogP contribution in [0.3, 0.4) is 0 Å². The van der Waals surface area contributed by atoms with Crippen LogP contribution in [0.5, 0.6) is 0 Å². The standard InChI is InChI=1S/C11H19NO4/c1-4-5-12-6-10(15-8(2)13)11(7-12)16-9(3)14/h10-11H,4-7H2,1-3H3/t10-,11+. The summed E-state index contributed by atoms with van der Waals surface area (Å²) in [5.74, 6) is -0.666. The molecule has 0 aromatic carbocycles. The second-order valence-corrected chi connectivity index (χ2v) is 4.06. The molecule has 1 heterocycles. The summed E-state index contributed by atoms with van der Waals surface area (Å²) < 4.78 is 10.3. The second kappa shape index (κ2) is 5.84. The summed E-state index contributed by atoms with van der Waals surface area (Å²) in [4.78, 5) is 24.0. The molecule has 5 heteroatoms. The Morgan fingerprint density at radius 2 is 1.56 bits per heavy atom. The molecule has 0 aliphatic carbocycles. The monoisotopic (exact) mass is 229 g/mol. The number of carbonyl (C=O) groups excluding carboxylic acids is 2. The van der Waals surface area contributed by atoms with Gasteiger partial charge in [-0.25, -0.2) is 0 Å². The van der Waals surface area contributed by atoms with Crippen molar-refractivity contribution < 1.29 is 19.1 Å². The SMILES string of the molecule is CCCN1C[C@H](OC(C)=O)[C@H](OC(C)=O)C1. The maximum Gasteiger partial charge on any atom is 0.303 e. The molecule has 5 nitrogen and oxygen atoms in total. The summed E-state index contributed by atoms with van der Waals surface area (Å²) in [6, 6.07) is 0. The maximum atomic E-state index is 10.9. The van der Waals surface area contributed by atoms with Crippen molar-refractivity contribution in [3.8, 4) is 0 Å². The van der Waals surface area contributed by atoms with Crippen molar-refractivity contribution in [2.75, 3.05) is 19.6 Å². The lowest BCUT2D eigenvalue weighted by Gasteiger charge is -2.17. The molecule has 0 spiro atoms. The Morgan fingerprint density at radius 3 is 1.88 bits per heavy atom. The third kappa shape index (κ3) is 3.81. The molecular formula is C11H19NO4. The van der Waals surface area contributed by atoms with Crippen LogP contribution in [-0.2, 0) is 19.1 Å². The highest BCUT2D eigenvalue weighted by Crippen LogP contribution is 2.17. The van der Waals surface area contributed by atoms with E-state index in [0.717, 1.165) is 13.0 Å². The first kappa shape index (κ1) is 13.0. The van der Waals surface area contributed by atoms with Crippen molar-refractivity contribution >= 4 is 11.9 Å². The zero-order chi connectivity index (χ0) is 12.1. The van der Waals surface area contributed by atoms with E-state index in [1.807, 2.05) is 0 Å². The van der Waals surface area contributed by atoms with Crippen LogP contribution in [0.2, 0.25) is 0 Å². The van der Waals surface area contributed by atoms with Gasteiger partial charge in [0.15, 0.2) is 12.2 Å². The van der Waals surface area contributed by atoms with Gasteiger partial charge in [0.2, 0.25) is 0 Å². The van der Waals surface area contributed by atoms with Gasteiger partial charge >= 0.3 is 11.9 Å². The molecule has 1 saturated heterocycles. The molecular weight excluding hydrogens is 210 g/mol. The molecule has 16 heavy (non-hydrogen) atoms. The molecule has 0 bridgehead atoms. The number of hydrogen-bond acceptors (Lipinski definition) is 5. The highest BCUT2D eigenvalue weighted by Gasteiger charge is 2.36. The number of esters is 2. The fourth-order valence-corrected chi connectivity index (χ4v) is 1.97. The van der Waals surface area contributed by atoms with Crippen molar-refractivity contribution in [3.63, 3.8) is 0 Å². The van der Waals surface area contributed by atoms with Crippen molar-refractivity contribution in [1.82, 2.24) is 4.90 Å². The predicted molar refractivity (Wildman–Crippen MR) is 57.8 cm³/mol. The Labute approximate surface area is 95.7 Å². The molecule has 92 valence electrons. The Kier molecular flexibility index (Phi) is 4.73. The molecule has 0 saturated carbocycles. The van der Waals surface area contributed by atoms with E-state index in [2.05, 4.69) is 11.8 Å². The lowest BCUT2D eigenvalue weighted by Crippen LogP contribution is -2.32. The summed E-state index contributed by atoms with van der Waals surface area (Å²) in [6.07, 6.45) is 0.375. The Morgan fingerprint density at radius 1 is 1.12 bits per heavy atom. The number of hydrogen-bond donors (Lipinski definition) is 0. The average molecular weight is 229 g/mol. The largest absolute Gasteiger partial charge is 0.457 e. The summed E-state index contributed by atoms with van der Waals surface area (Å²) in [6.45, 7) is 7.03. The minimum atomic E-state index is -0.333. The highest BCUT2D eigenvalue weighted by molar-refractivity contribution is 5.67. The predicted octanol–water partition coefficient (Wildman–Crippen LogP) is 0.575. The lowest BCUT2D eigenvalue weighted by atomic mass is 10.2. The van der Waals surface area contributed by atoms with Gasteiger partial charge in [-0.15, -0.1) is 0 Å². The quantitative estimate of drug-likeness (QED) is 0.660. The Balaban J connectivity index is 2.55. The molecule has 1 aliphatic heterocycles. The van der Waals surface area contributed by atoms with Gasteiger partial charge in [0.25, 0.3) is 0 Å². The third-order valence-electron chi connectivity index (χ3n) is 2.47. The van der Waals surface area contributed by atoms with Crippen LogP contribution < -0.4 is 0 Å². The molecule has 0 aromatic heterocycles. The summed E-state index contributed by atoms with van der Waals surface area (Å²) >= 11 is 0. The van der Waals surface area contributed by atoms with Gasteiger partial charge < -0.3 is 9.47 Å². The van der Waals surface area contributed by atoms with Gasteiger partial charge in [-0.3, -0.25) is 14.5 Å². The number of likely N-dealkylation sites (tertiary alicyclic amines) is 1. The molecule has 0 unspecified atom stereocenters. The van der Waals surface area contributed by atoms with Gasteiger partial charge in [-0.1, -0.05) is 6.92 Å². The maximum absolute atomic E-state index is 10.9. The number of ether oxygens (including phenoxy) is 2. The van der Waals surface area contributed by atoms with Crippen LogP contribution in [0.15, 0.2) is 0 Å². The molecule has 1 aliphatic rings. The highest BCUT2D eigenvalue weighted by atomic mass is 16.6. The first-order valence-corrected chi connectivity index (χ1v) is 5.59. The third-order valence-corrected chi connectivity index (χ3v) is 2.47. The first-order valence-electron chi connectivity index (χ1n) is 5.59. The van der Waals surface area contributed by atoms with Gasteiger partial charge in [-0.05, 0) is 13.0 Å². The fourth-order valence-electron chi connectivity index (χ4n) is 1.97. The minimum absolute atomic E-state index is 0.326. The van der Waals surface area contributed by atoms with E-state index >= 15 is 0 Å². The topological polar surface area (TPSA) is 55.8 Å². The van der Waals surface area contributed by atoms with Crippen molar-refractivity contribution in [3.05, 3.63) is 0 Å².